The Bertz CT molecular complexity index is 656. The maximum atomic E-state index is 12.0. The zero-order valence-electron chi connectivity index (χ0n) is 14.4. The van der Waals surface area contributed by atoms with E-state index < -0.39 is 0 Å². The Hall–Kier alpha value is -2.14. The minimum Gasteiger partial charge on any atom is -0.352 e. The molecule has 1 amide bonds. The Balaban J connectivity index is 1.44. The molecule has 5 nitrogen and oxygen atoms in total. The number of aromatic nitrogens is 2. The Morgan fingerprint density at radius 1 is 1.17 bits per heavy atom. The van der Waals surface area contributed by atoms with Crippen LogP contribution in [-0.2, 0) is 11.3 Å². The minimum absolute atomic E-state index is 0.134. The van der Waals surface area contributed by atoms with Gasteiger partial charge in [0, 0.05) is 37.6 Å². The van der Waals surface area contributed by atoms with Crippen LogP contribution in [0.25, 0.3) is 5.69 Å². The number of hydrogen-bond acceptors (Lipinski definition) is 3. The number of rotatable bonds is 6. The highest BCUT2D eigenvalue weighted by molar-refractivity contribution is 5.76. The van der Waals surface area contributed by atoms with Crippen LogP contribution in [-0.4, -0.2) is 40.0 Å². The van der Waals surface area contributed by atoms with Gasteiger partial charge < -0.3 is 14.8 Å². The average molecular weight is 326 g/mol. The number of hydrogen-bond donors (Lipinski definition) is 1. The van der Waals surface area contributed by atoms with Crippen molar-refractivity contribution < 1.29 is 4.79 Å². The van der Waals surface area contributed by atoms with Crippen LogP contribution in [0.4, 0.5) is 0 Å². The molecule has 1 saturated heterocycles. The van der Waals surface area contributed by atoms with Crippen molar-refractivity contribution in [2.24, 2.45) is 0 Å². The molecule has 2 heterocycles. The molecule has 1 aromatic heterocycles. The van der Waals surface area contributed by atoms with Crippen molar-refractivity contribution in [2.75, 3.05) is 19.6 Å². The van der Waals surface area contributed by atoms with Crippen LogP contribution < -0.4 is 5.32 Å². The molecule has 0 saturated carbocycles. The molecule has 5 heteroatoms. The van der Waals surface area contributed by atoms with E-state index in [4.69, 9.17) is 0 Å². The van der Waals surface area contributed by atoms with Gasteiger partial charge in [-0.1, -0.05) is 18.6 Å². The third-order valence-corrected chi connectivity index (χ3v) is 4.63. The highest BCUT2D eigenvalue weighted by Crippen LogP contribution is 2.12. The Morgan fingerprint density at radius 2 is 1.92 bits per heavy atom. The van der Waals surface area contributed by atoms with Gasteiger partial charge in [-0.2, -0.15) is 0 Å². The van der Waals surface area contributed by atoms with Gasteiger partial charge in [0.2, 0.25) is 5.91 Å². The first-order valence-corrected chi connectivity index (χ1v) is 8.81. The summed E-state index contributed by atoms with van der Waals surface area (Å²) in [4.78, 5) is 18.6. The van der Waals surface area contributed by atoms with E-state index in [0.29, 0.717) is 13.0 Å². The largest absolute Gasteiger partial charge is 0.352 e. The van der Waals surface area contributed by atoms with Crippen molar-refractivity contribution in [3.63, 3.8) is 0 Å². The molecular formula is C19H26N4O. The zero-order valence-corrected chi connectivity index (χ0v) is 14.4. The van der Waals surface area contributed by atoms with Gasteiger partial charge in [-0.3, -0.25) is 4.79 Å². The summed E-state index contributed by atoms with van der Waals surface area (Å²) in [6.07, 6.45) is 8.21. The Morgan fingerprint density at radius 3 is 2.58 bits per heavy atom. The summed E-state index contributed by atoms with van der Waals surface area (Å²) >= 11 is 0. The van der Waals surface area contributed by atoms with E-state index in [1.54, 1.807) is 6.20 Å². The van der Waals surface area contributed by atoms with Crippen LogP contribution in [0, 0.1) is 6.92 Å². The molecule has 2 aromatic rings. The van der Waals surface area contributed by atoms with E-state index in [1.807, 2.05) is 17.7 Å². The van der Waals surface area contributed by atoms with Crippen molar-refractivity contribution in [2.45, 2.75) is 39.2 Å². The standard InChI is InChI=1S/C19H26N4O/c1-16-20-10-14-23(16)18-7-5-17(6-8-18)15-21-19(24)9-13-22-11-3-2-4-12-22/h5-8,10,14H,2-4,9,11-13,15H2,1H3,(H,21,24). The lowest BCUT2D eigenvalue weighted by molar-refractivity contribution is -0.121. The summed E-state index contributed by atoms with van der Waals surface area (Å²) in [7, 11) is 0. The lowest BCUT2D eigenvalue weighted by Gasteiger charge is -2.25. The van der Waals surface area contributed by atoms with Gasteiger partial charge in [0.1, 0.15) is 5.82 Å². The molecular weight excluding hydrogens is 300 g/mol. The predicted octanol–water partition coefficient (Wildman–Crippen LogP) is 2.67. The van der Waals surface area contributed by atoms with Crippen molar-refractivity contribution in [1.29, 1.82) is 0 Å². The molecule has 1 N–H and O–H groups in total. The lowest BCUT2D eigenvalue weighted by Crippen LogP contribution is -2.34. The summed E-state index contributed by atoms with van der Waals surface area (Å²) in [5.74, 6) is 1.10. The number of aryl methyl sites for hydroxylation is 1. The van der Waals surface area contributed by atoms with Gasteiger partial charge in [0.15, 0.2) is 0 Å². The van der Waals surface area contributed by atoms with Gasteiger partial charge in [-0.05, 0) is 50.6 Å². The summed E-state index contributed by atoms with van der Waals surface area (Å²) < 4.78 is 2.04. The van der Waals surface area contributed by atoms with Crippen molar-refractivity contribution in [3.05, 3.63) is 48.0 Å². The van der Waals surface area contributed by atoms with Crippen molar-refractivity contribution >= 4 is 5.91 Å². The van der Waals surface area contributed by atoms with E-state index >= 15 is 0 Å². The lowest BCUT2D eigenvalue weighted by atomic mass is 10.1. The molecule has 0 unspecified atom stereocenters. The normalized spacial score (nSPS) is 15.4. The molecule has 1 aromatic carbocycles. The first-order valence-electron chi connectivity index (χ1n) is 8.81. The van der Waals surface area contributed by atoms with Crippen LogP contribution in [0.5, 0.6) is 0 Å². The monoisotopic (exact) mass is 326 g/mol. The number of benzene rings is 1. The van der Waals surface area contributed by atoms with E-state index in [0.717, 1.165) is 36.7 Å². The Kier molecular flexibility index (Phi) is 5.64. The van der Waals surface area contributed by atoms with Crippen LogP contribution in [0.3, 0.4) is 0 Å². The number of carbonyl (C=O) groups is 1. The molecule has 24 heavy (non-hydrogen) atoms. The topological polar surface area (TPSA) is 50.2 Å². The molecule has 128 valence electrons. The third kappa shape index (κ3) is 4.45. The number of imidazole rings is 1. The summed E-state index contributed by atoms with van der Waals surface area (Å²) in [6, 6.07) is 8.23. The summed E-state index contributed by atoms with van der Waals surface area (Å²) in [5, 5.41) is 3.02. The smallest absolute Gasteiger partial charge is 0.221 e. The number of piperidine rings is 1. The molecule has 1 aliphatic heterocycles. The summed E-state index contributed by atoms with van der Waals surface area (Å²) in [6.45, 7) is 5.73. The molecule has 1 fully saturated rings. The van der Waals surface area contributed by atoms with E-state index in [-0.39, 0.29) is 5.91 Å². The highest BCUT2D eigenvalue weighted by Gasteiger charge is 2.11. The fraction of sp³-hybridized carbons (Fsp3) is 0.474. The number of nitrogens with zero attached hydrogens (tertiary/aromatic N) is 3. The molecule has 3 rings (SSSR count). The maximum absolute atomic E-state index is 12.0. The van der Waals surface area contributed by atoms with Crippen LogP contribution in [0.1, 0.15) is 37.1 Å². The second kappa shape index (κ2) is 8.11. The summed E-state index contributed by atoms with van der Waals surface area (Å²) in [5.41, 5.74) is 2.20. The van der Waals surface area contributed by atoms with E-state index in [1.165, 1.54) is 19.3 Å². The number of amides is 1. The first-order chi connectivity index (χ1) is 11.7. The van der Waals surface area contributed by atoms with E-state index in [2.05, 4.69) is 39.5 Å². The van der Waals surface area contributed by atoms with E-state index in [9.17, 15) is 4.79 Å². The molecule has 1 aliphatic rings. The second-order valence-corrected chi connectivity index (χ2v) is 6.44. The van der Waals surface area contributed by atoms with Gasteiger partial charge in [0.25, 0.3) is 0 Å². The number of likely N-dealkylation sites (tertiary alicyclic amines) is 1. The number of carbonyl (C=O) groups excluding carboxylic acids is 1. The SMILES string of the molecule is Cc1nccn1-c1ccc(CNC(=O)CCN2CCCCC2)cc1. The predicted molar refractivity (Wildman–Crippen MR) is 95.1 cm³/mol. The first kappa shape index (κ1) is 16.7. The average Bonchev–Trinajstić information content (AvgIpc) is 3.05. The van der Waals surface area contributed by atoms with Crippen LogP contribution >= 0.6 is 0 Å². The maximum Gasteiger partial charge on any atom is 0.221 e. The molecule has 0 spiro atoms. The zero-order chi connectivity index (χ0) is 16.8. The molecule has 0 bridgehead atoms. The minimum atomic E-state index is 0.134. The quantitative estimate of drug-likeness (QED) is 0.888. The Labute approximate surface area is 143 Å². The van der Waals surface area contributed by atoms with Gasteiger partial charge in [-0.25, -0.2) is 4.98 Å². The van der Waals surface area contributed by atoms with Crippen LogP contribution in [0.2, 0.25) is 0 Å². The molecule has 0 atom stereocenters. The van der Waals surface area contributed by atoms with Crippen molar-refractivity contribution in [1.82, 2.24) is 19.8 Å². The number of nitrogens with one attached hydrogen (secondary N) is 1. The fourth-order valence-electron chi connectivity index (χ4n) is 3.16. The van der Waals surface area contributed by atoms with Crippen molar-refractivity contribution in [3.8, 4) is 5.69 Å². The van der Waals surface area contributed by atoms with Gasteiger partial charge >= 0.3 is 0 Å². The fourth-order valence-corrected chi connectivity index (χ4v) is 3.16. The van der Waals surface area contributed by atoms with Gasteiger partial charge in [0.05, 0.1) is 0 Å². The highest BCUT2D eigenvalue weighted by atomic mass is 16.1. The second-order valence-electron chi connectivity index (χ2n) is 6.44. The third-order valence-electron chi connectivity index (χ3n) is 4.63. The molecule has 0 radical (unpaired) electrons. The van der Waals surface area contributed by atoms with Crippen LogP contribution in [0.15, 0.2) is 36.7 Å². The van der Waals surface area contributed by atoms with Gasteiger partial charge in [-0.15, -0.1) is 0 Å². The molecule has 0 aliphatic carbocycles.